The second kappa shape index (κ2) is 6.28. The predicted molar refractivity (Wildman–Crippen MR) is 64.4 cm³/mol. The monoisotopic (exact) mass is 221 g/mol. The van der Waals surface area contributed by atoms with Crippen molar-refractivity contribution in [1.29, 1.82) is 0 Å². The third-order valence-electron chi connectivity index (χ3n) is 2.11. The number of rotatable bonds is 5. The Morgan fingerprint density at radius 3 is 2.44 bits per heavy atom. The molecule has 0 amide bonds. The summed E-state index contributed by atoms with van der Waals surface area (Å²) in [4.78, 5) is 11.5. The molecule has 0 spiro atoms. The molecule has 88 valence electrons. The summed E-state index contributed by atoms with van der Waals surface area (Å²) >= 11 is 0. The van der Waals surface area contributed by atoms with E-state index in [0.29, 0.717) is 5.56 Å². The van der Waals surface area contributed by atoms with Gasteiger partial charge in [0.1, 0.15) is 0 Å². The van der Waals surface area contributed by atoms with Crippen molar-refractivity contribution >= 4 is 5.97 Å². The average Bonchev–Trinajstić information content (AvgIpc) is 2.26. The Hall–Kier alpha value is -1.35. The number of benzene rings is 1. The first-order chi connectivity index (χ1) is 7.63. The standard InChI is InChI=1S/C13H19NO2/c1-4-14-9-11-5-7-12(8-6-11)13(15)16-10(2)3/h5-8,10,14H,4,9H2,1-3H3. The zero-order valence-electron chi connectivity index (χ0n) is 10.1. The zero-order chi connectivity index (χ0) is 12.0. The van der Waals surface area contributed by atoms with E-state index >= 15 is 0 Å². The zero-order valence-corrected chi connectivity index (χ0v) is 10.1. The molecule has 0 atom stereocenters. The fraction of sp³-hybridized carbons (Fsp3) is 0.462. The number of hydrogen-bond acceptors (Lipinski definition) is 3. The second-order valence-corrected chi connectivity index (χ2v) is 3.93. The summed E-state index contributed by atoms with van der Waals surface area (Å²) in [6, 6.07) is 7.49. The highest BCUT2D eigenvalue weighted by Gasteiger charge is 2.08. The molecule has 3 heteroatoms. The molecule has 0 heterocycles. The quantitative estimate of drug-likeness (QED) is 0.776. The molecule has 0 saturated carbocycles. The van der Waals surface area contributed by atoms with Crippen molar-refractivity contribution in [1.82, 2.24) is 5.32 Å². The molecular weight excluding hydrogens is 202 g/mol. The number of esters is 1. The average molecular weight is 221 g/mol. The Morgan fingerprint density at radius 1 is 1.31 bits per heavy atom. The van der Waals surface area contributed by atoms with Crippen LogP contribution in [0.2, 0.25) is 0 Å². The number of carbonyl (C=O) groups excluding carboxylic acids is 1. The third kappa shape index (κ3) is 4.03. The van der Waals surface area contributed by atoms with Crippen LogP contribution in [0.5, 0.6) is 0 Å². The molecule has 0 radical (unpaired) electrons. The van der Waals surface area contributed by atoms with Gasteiger partial charge in [0.2, 0.25) is 0 Å². The lowest BCUT2D eigenvalue weighted by molar-refractivity contribution is 0.0378. The second-order valence-electron chi connectivity index (χ2n) is 3.93. The van der Waals surface area contributed by atoms with Crippen LogP contribution in [0.4, 0.5) is 0 Å². The van der Waals surface area contributed by atoms with Crippen molar-refractivity contribution in [3.05, 3.63) is 35.4 Å². The van der Waals surface area contributed by atoms with Crippen LogP contribution in [0, 0.1) is 0 Å². The maximum absolute atomic E-state index is 11.5. The van der Waals surface area contributed by atoms with Crippen LogP contribution < -0.4 is 5.32 Å². The van der Waals surface area contributed by atoms with Gasteiger partial charge < -0.3 is 10.1 Å². The Bertz CT molecular complexity index is 330. The molecule has 16 heavy (non-hydrogen) atoms. The smallest absolute Gasteiger partial charge is 0.338 e. The molecule has 0 aliphatic carbocycles. The highest BCUT2D eigenvalue weighted by Crippen LogP contribution is 2.07. The van der Waals surface area contributed by atoms with E-state index in [1.54, 1.807) is 12.1 Å². The molecule has 0 unspecified atom stereocenters. The van der Waals surface area contributed by atoms with Gasteiger partial charge in [-0.1, -0.05) is 19.1 Å². The SMILES string of the molecule is CCNCc1ccc(C(=O)OC(C)C)cc1. The summed E-state index contributed by atoms with van der Waals surface area (Å²) in [5, 5.41) is 3.23. The van der Waals surface area contributed by atoms with Crippen LogP contribution in [0.3, 0.4) is 0 Å². The van der Waals surface area contributed by atoms with Crippen LogP contribution in [0.1, 0.15) is 36.7 Å². The third-order valence-corrected chi connectivity index (χ3v) is 2.11. The molecule has 0 bridgehead atoms. The molecule has 3 nitrogen and oxygen atoms in total. The van der Waals surface area contributed by atoms with Crippen LogP contribution >= 0.6 is 0 Å². The Labute approximate surface area is 96.8 Å². The number of hydrogen-bond donors (Lipinski definition) is 1. The van der Waals surface area contributed by atoms with Gasteiger partial charge in [-0.15, -0.1) is 0 Å². The van der Waals surface area contributed by atoms with Crippen LogP contribution in [-0.2, 0) is 11.3 Å². The molecule has 1 N–H and O–H groups in total. The van der Waals surface area contributed by atoms with E-state index in [9.17, 15) is 4.79 Å². The number of nitrogens with one attached hydrogen (secondary N) is 1. The first-order valence-electron chi connectivity index (χ1n) is 5.64. The van der Waals surface area contributed by atoms with Crippen molar-refractivity contribution in [2.75, 3.05) is 6.54 Å². The van der Waals surface area contributed by atoms with E-state index in [1.807, 2.05) is 26.0 Å². The molecule has 1 rings (SSSR count). The lowest BCUT2D eigenvalue weighted by atomic mass is 10.1. The number of carbonyl (C=O) groups is 1. The van der Waals surface area contributed by atoms with E-state index in [-0.39, 0.29) is 12.1 Å². The fourth-order valence-corrected chi connectivity index (χ4v) is 1.31. The Kier molecular flexibility index (Phi) is 4.99. The Morgan fingerprint density at radius 2 is 1.94 bits per heavy atom. The van der Waals surface area contributed by atoms with Gasteiger partial charge in [-0.2, -0.15) is 0 Å². The van der Waals surface area contributed by atoms with E-state index in [2.05, 4.69) is 12.2 Å². The maximum atomic E-state index is 11.5. The summed E-state index contributed by atoms with van der Waals surface area (Å²) in [6.07, 6.45) is -0.0751. The molecule has 1 aromatic rings. The molecule has 0 aliphatic rings. The van der Waals surface area contributed by atoms with E-state index in [1.165, 1.54) is 5.56 Å². The number of ether oxygens (including phenoxy) is 1. The first kappa shape index (κ1) is 12.7. The lowest BCUT2D eigenvalue weighted by Crippen LogP contribution is -2.13. The highest BCUT2D eigenvalue weighted by molar-refractivity contribution is 5.89. The van der Waals surface area contributed by atoms with Gasteiger partial charge in [0, 0.05) is 6.54 Å². The largest absolute Gasteiger partial charge is 0.459 e. The van der Waals surface area contributed by atoms with Crippen molar-refractivity contribution in [3.63, 3.8) is 0 Å². The predicted octanol–water partition coefficient (Wildman–Crippen LogP) is 2.36. The summed E-state index contributed by atoms with van der Waals surface area (Å²) in [6.45, 7) is 7.52. The van der Waals surface area contributed by atoms with Crippen molar-refractivity contribution in [2.24, 2.45) is 0 Å². The van der Waals surface area contributed by atoms with E-state index in [4.69, 9.17) is 4.74 Å². The molecule has 1 aromatic carbocycles. The first-order valence-corrected chi connectivity index (χ1v) is 5.64. The maximum Gasteiger partial charge on any atom is 0.338 e. The minimum absolute atomic E-state index is 0.0751. The summed E-state index contributed by atoms with van der Waals surface area (Å²) in [7, 11) is 0. The van der Waals surface area contributed by atoms with Gasteiger partial charge in [-0.25, -0.2) is 4.79 Å². The normalized spacial score (nSPS) is 10.5. The summed E-state index contributed by atoms with van der Waals surface area (Å²) < 4.78 is 5.10. The molecule has 0 fully saturated rings. The van der Waals surface area contributed by atoms with Crippen molar-refractivity contribution in [2.45, 2.75) is 33.4 Å². The summed E-state index contributed by atoms with van der Waals surface area (Å²) in [5.41, 5.74) is 1.77. The Balaban J connectivity index is 2.60. The molecular formula is C13H19NO2. The van der Waals surface area contributed by atoms with Gasteiger partial charge in [-0.3, -0.25) is 0 Å². The minimum Gasteiger partial charge on any atom is -0.459 e. The molecule has 0 aliphatic heterocycles. The van der Waals surface area contributed by atoms with Crippen molar-refractivity contribution < 1.29 is 9.53 Å². The van der Waals surface area contributed by atoms with Crippen molar-refractivity contribution in [3.8, 4) is 0 Å². The fourth-order valence-electron chi connectivity index (χ4n) is 1.31. The minimum atomic E-state index is -0.259. The van der Waals surface area contributed by atoms with Gasteiger partial charge in [0.05, 0.1) is 11.7 Å². The van der Waals surface area contributed by atoms with Gasteiger partial charge in [-0.05, 0) is 38.1 Å². The summed E-state index contributed by atoms with van der Waals surface area (Å²) in [5.74, 6) is -0.259. The lowest BCUT2D eigenvalue weighted by Gasteiger charge is -2.08. The topological polar surface area (TPSA) is 38.3 Å². The van der Waals surface area contributed by atoms with Crippen LogP contribution in [0.15, 0.2) is 24.3 Å². The van der Waals surface area contributed by atoms with E-state index in [0.717, 1.165) is 13.1 Å². The van der Waals surface area contributed by atoms with E-state index < -0.39 is 0 Å². The molecule has 0 aromatic heterocycles. The highest BCUT2D eigenvalue weighted by atomic mass is 16.5. The van der Waals surface area contributed by atoms with Crippen LogP contribution in [-0.4, -0.2) is 18.6 Å². The van der Waals surface area contributed by atoms with Gasteiger partial charge in [0.25, 0.3) is 0 Å². The van der Waals surface area contributed by atoms with Gasteiger partial charge in [0.15, 0.2) is 0 Å². The van der Waals surface area contributed by atoms with Crippen LogP contribution in [0.25, 0.3) is 0 Å². The van der Waals surface area contributed by atoms with Gasteiger partial charge >= 0.3 is 5.97 Å². The molecule has 0 saturated heterocycles.